The Morgan fingerprint density at radius 1 is 1.19 bits per heavy atom. The van der Waals surface area contributed by atoms with E-state index >= 15 is 0 Å². The molecule has 0 saturated heterocycles. The van der Waals surface area contributed by atoms with E-state index in [1.165, 1.54) is 24.3 Å². The van der Waals surface area contributed by atoms with Gasteiger partial charge in [-0.05, 0) is 12.1 Å². The molecule has 0 spiro atoms. The number of nitrogens with zero attached hydrogens (tertiary/aromatic N) is 2. The molecular weight excluding hydrogens is 280 g/mol. The minimum atomic E-state index is -0.793. The highest BCUT2D eigenvalue weighted by molar-refractivity contribution is 5.35. The quantitative estimate of drug-likeness (QED) is 0.398. The molecule has 1 atom stereocenters. The van der Waals surface area contributed by atoms with Crippen LogP contribution < -0.4 is 4.74 Å². The molecule has 1 aromatic rings. The van der Waals surface area contributed by atoms with Gasteiger partial charge in [0.1, 0.15) is 18.5 Å². The Labute approximate surface area is 122 Å². The summed E-state index contributed by atoms with van der Waals surface area (Å²) >= 11 is 0. The molecule has 0 saturated carbocycles. The van der Waals surface area contributed by atoms with Gasteiger partial charge in [-0.1, -0.05) is 0 Å². The minimum Gasteiger partial charge on any atom is -0.491 e. The van der Waals surface area contributed by atoms with E-state index < -0.39 is 11.0 Å². The third-order valence-corrected chi connectivity index (χ3v) is 2.79. The summed E-state index contributed by atoms with van der Waals surface area (Å²) in [7, 11) is 0. The van der Waals surface area contributed by atoms with Crippen LogP contribution in [0.25, 0.3) is 0 Å². The first-order valence-electron chi connectivity index (χ1n) is 6.56. The maximum Gasteiger partial charge on any atom is 0.269 e. The van der Waals surface area contributed by atoms with Gasteiger partial charge in [0.15, 0.2) is 0 Å². The molecule has 1 rings (SSSR count). The third-order valence-electron chi connectivity index (χ3n) is 2.79. The molecule has 0 radical (unpaired) electrons. The van der Waals surface area contributed by atoms with E-state index in [0.717, 1.165) is 0 Å². The predicted octanol–water partition coefficient (Wildman–Crippen LogP) is -0.379. The van der Waals surface area contributed by atoms with E-state index in [0.29, 0.717) is 18.8 Å². The van der Waals surface area contributed by atoms with E-state index in [4.69, 9.17) is 14.9 Å². The molecule has 1 aromatic carbocycles. The molecular formula is C13H20N2O6. The zero-order valence-electron chi connectivity index (χ0n) is 11.6. The molecule has 0 aliphatic carbocycles. The summed E-state index contributed by atoms with van der Waals surface area (Å²) in [6, 6.07) is 5.57. The van der Waals surface area contributed by atoms with Crippen LogP contribution in [0.15, 0.2) is 24.3 Å². The van der Waals surface area contributed by atoms with Crippen molar-refractivity contribution in [2.45, 2.75) is 6.10 Å². The summed E-state index contributed by atoms with van der Waals surface area (Å²) in [6.45, 7) is 0.870. The highest BCUT2D eigenvalue weighted by Gasteiger charge is 2.12. The van der Waals surface area contributed by atoms with E-state index in [1.54, 1.807) is 4.90 Å². The monoisotopic (exact) mass is 300 g/mol. The molecule has 8 heteroatoms. The van der Waals surface area contributed by atoms with Crippen LogP contribution in [0.3, 0.4) is 0 Å². The topological polar surface area (TPSA) is 116 Å². The summed E-state index contributed by atoms with van der Waals surface area (Å²) < 4.78 is 5.34. The van der Waals surface area contributed by atoms with Gasteiger partial charge in [0.05, 0.1) is 18.1 Å². The highest BCUT2D eigenvalue weighted by Crippen LogP contribution is 2.17. The molecule has 3 N–H and O–H groups in total. The number of nitro benzene ring substituents is 1. The van der Waals surface area contributed by atoms with Crippen LogP contribution >= 0.6 is 0 Å². The van der Waals surface area contributed by atoms with Gasteiger partial charge in [0, 0.05) is 31.8 Å². The maximum absolute atomic E-state index is 10.5. The lowest BCUT2D eigenvalue weighted by molar-refractivity contribution is -0.384. The fourth-order valence-electron chi connectivity index (χ4n) is 1.78. The van der Waals surface area contributed by atoms with Crippen LogP contribution in [-0.4, -0.2) is 70.7 Å². The van der Waals surface area contributed by atoms with Gasteiger partial charge in [0.25, 0.3) is 5.69 Å². The standard InChI is InChI=1S/C13H20N2O6/c16-7-5-14(6-8-17)9-12(18)10-21-13-3-1-11(2-4-13)15(19)20/h1-4,12,16-18H,5-10H2/t12-/m1/s1. The first-order valence-corrected chi connectivity index (χ1v) is 6.56. The summed E-state index contributed by atoms with van der Waals surface area (Å²) in [5.74, 6) is 0.426. The van der Waals surface area contributed by atoms with Crippen LogP contribution in [-0.2, 0) is 0 Å². The second-order valence-electron chi connectivity index (χ2n) is 4.46. The number of rotatable bonds is 10. The Bertz CT molecular complexity index is 419. The zero-order chi connectivity index (χ0) is 15.7. The Morgan fingerprint density at radius 2 is 1.76 bits per heavy atom. The summed E-state index contributed by atoms with van der Waals surface area (Å²) in [6.07, 6.45) is -0.793. The molecule has 0 aliphatic rings. The van der Waals surface area contributed by atoms with Crippen molar-refractivity contribution in [1.82, 2.24) is 4.90 Å². The minimum absolute atomic E-state index is 0.0190. The lowest BCUT2D eigenvalue weighted by Gasteiger charge is -2.23. The van der Waals surface area contributed by atoms with E-state index in [2.05, 4.69) is 0 Å². The summed E-state index contributed by atoms with van der Waals surface area (Å²) in [5.41, 5.74) is -0.0278. The Balaban J connectivity index is 2.40. The number of hydrogen-bond acceptors (Lipinski definition) is 7. The van der Waals surface area contributed by atoms with Gasteiger partial charge < -0.3 is 20.1 Å². The van der Waals surface area contributed by atoms with Gasteiger partial charge in [-0.25, -0.2) is 0 Å². The average Bonchev–Trinajstić information content (AvgIpc) is 2.46. The zero-order valence-corrected chi connectivity index (χ0v) is 11.6. The largest absolute Gasteiger partial charge is 0.491 e. The SMILES string of the molecule is O=[N+]([O-])c1ccc(OC[C@H](O)CN(CCO)CCO)cc1. The number of nitro groups is 1. The predicted molar refractivity (Wildman–Crippen MR) is 75.2 cm³/mol. The second kappa shape index (κ2) is 9.24. The van der Waals surface area contributed by atoms with Gasteiger partial charge >= 0.3 is 0 Å². The van der Waals surface area contributed by atoms with E-state index in [9.17, 15) is 15.2 Å². The van der Waals surface area contributed by atoms with Crippen molar-refractivity contribution in [3.05, 3.63) is 34.4 Å². The van der Waals surface area contributed by atoms with Crippen molar-refractivity contribution in [2.75, 3.05) is 39.5 Å². The van der Waals surface area contributed by atoms with Crippen LogP contribution in [0.5, 0.6) is 5.75 Å². The van der Waals surface area contributed by atoms with E-state index in [1.807, 2.05) is 0 Å². The van der Waals surface area contributed by atoms with Crippen LogP contribution in [0.2, 0.25) is 0 Å². The smallest absolute Gasteiger partial charge is 0.269 e. The first-order chi connectivity index (χ1) is 10.1. The van der Waals surface area contributed by atoms with Crippen LogP contribution in [0.4, 0.5) is 5.69 Å². The number of aliphatic hydroxyl groups excluding tert-OH is 3. The van der Waals surface area contributed by atoms with Crippen molar-refractivity contribution >= 4 is 5.69 Å². The van der Waals surface area contributed by atoms with Crippen molar-refractivity contribution in [3.8, 4) is 5.75 Å². The van der Waals surface area contributed by atoms with Gasteiger partial charge in [-0.2, -0.15) is 0 Å². The fourth-order valence-corrected chi connectivity index (χ4v) is 1.78. The van der Waals surface area contributed by atoms with Gasteiger partial charge in [-0.15, -0.1) is 0 Å². The van der Waals surface area contributed by atoms with Gasteiger partial charge in [-0.3, -0.25) is 15.0 Å². The number of non-ortho nitro benzene ring substituents is 1. The van der Waals surface area contributed by atoms with Crippen LogP contribution in [0, 0.1) is 10.1 Å². The Hall–Kier alpha value is -1.74. The molecule has 118 valence electrons. The number of aliphatic hydroxyl groups is 3. The lowest BCUT2D eigenvalue weighted by atomic mass is 10.3. The highest BCUT2D eigenvalue weighted by atomic mass is 16.6. The Kier molecular flexibility index (Phi) is 7.62. The molecule has 0 fully saturated rings. The molecule has 0 amide bonds. The third kappa shape index (κ3) is 6.50. The Morgan fingerprint density at radius 3 is 2.24 bits per heavy atom. The summed E-state index contributed by atoms with van der Waals surface area (Å²) in [5, 5.41) is 38.1. The molecule has 0 aromatic heterocycles. The van der Waals surface area contributed by atoms with Crippen molar-refractivity contribution < 1.29 is 25.0 Å². The van der Waals surface area contributed by atoms with Gasteiger partial charge in [0.2, 0.25) is 0 Å². The lowest BCUT2D eigenvalue weighted by Crippen LogP contribution is -2.38. The molecule has 0 heterocycles. The number of benzene rings is 1. The molecule has 0 aliphatic heterocycles. The normalized spacial score (nSPS) is 12.4. The number of hydrogen-bond donors (Lipinski definition) is 3. The van der Waals surface area contributed by atoms with Crippen molar-refractivity contribution in [1.29, 1.82) is 0 Å². The van der Waals surface area contributed by atoms with Crippen LogP contribution in [0.1, 0.15) is 0 Å². The fraction of sp³-hybridized carbons (Fsp3) is 0.538. The maximum atomic E-state index is 10.5. The van der Waals surface area contributed by atoms with Crippen molar-refractivity contribution in [2.24, 2.45) is 0 Å². The second-order valence-corrected chi connectivity index (χ2v) is 4.46. The first kappa shape index (κ1) is 17.3. The van der Waals surface area contributed by atoms with Crippen molar-refractivity contribution in [3.63, 3.8) is 0 Å². The molecule has 8 nitrogen and oxygen atoms in total. The molecule has 21 heavy (non-hydrogen) atoms. The number of ether oxygens (including phenoxy) is 1. The van der Waals surface area contributed by atoms with E-state index in [-0.39, 0.29) is 32.1 Å². The summed E-state index contributed by atoms with van der Waals surface area (Å²) in [4.78, 5) is 11.7. The average molecular weight is 300 g/mol. The molecule has 0 unspecified atom stereocenters. The molecule has 0 bridgehead atoms.